The van der Waals surface area contributed by atoms with Crippen molar-refractivity contribution in [3.63, 3.8) is 0 Å². The Labute approximate surface area is 176 Å². The van der Waals surface area contributed by atoms with Crippen molar-refractivity contribution in [1.82, 2.24) is 0 Å². The molecule has 0 saturated heterocycles. The van der Waals surface area contributed by atoms with Crippen molar-refractivity contribution in [3.8, 4) is 5.75 Å². The van der Waals surface area contributed by atoms with Crippen LogP contribution in [0, 0.1) is 41.1 Å². The minimum absolute atomic E-state index is 0.174. The maximum atomic E-state index is 14.3. The average molecular weight is 433 g/mol. The van der Waals surface area contributed by atoms with E-state index >= 15 is 0 Å². The van der Waals surface area contributed by atoms with Crippen LogP contribution in [0.25, 0.3) is 0 Å². The summed E-state index contributed by atoms with van der Waals surface area (Å²) in [4.78, 5) is 0. The highest BCUT2D eigenvalue weighted by Crippen LogP contribution is 2.44. The standard InChI is InChI=1S/C24H33F5O/c1-2-3-4-16-5-9-18(10-6-16)19-11-7-17(8-12-19)15-24(28,29)30-20-13-21(25)23(27)22(26)14-20/h13-14,16-19H,2-12,15H2,1H3. The van der Waals surface area contributed by atoms with Crippen LogP contribution in [-0.4, -0.2) is 6.11 Å². The minimum Gasteiger partial charge on any atom is -0.432 e. The molecule has 0 heterocycles. The van der Waals surface area contributed by atoms with Crippen molar-refractivity contribution in [3.05, 3.63) is 29.6 Å². The molecule has 2 saturated carbocycles. The Hall–Kier alpha value is -1.33. The summed E-state index contributed by atoms with van der Waals surface area (Å²) in [6.45, 7) is 2.23. The molecule has 0 atom stereocenters. The van der Waals surface area contributed by atoms with Gasteiger partial charge in [0.15, 0.2) is 17.5 Å². The molecule has 1 nitrogen and oxygen atoms in total. The molecule has 30 heavy (non-hydrogen) atoms. The van der Waals surface area contributed by atoms with E-state index in [9.17, 15) is 22.0 Å². The van der Waals surface area contributed by atoms with Crippen molar-refractivity contribution >= 4 is 0 Å². The van der Waals surface area contributed by atoms with Crippen molar-refractivity contribution < 1.29 is 26.7 Å². The van der Waals surface area contributed by atoms with E-state index in [-0.39, 0.29) is 5.92 Å². The van der Waals surface area contributed by atoms with E-state index in [1.165, 1.54) is 44.9 Å². The van der Waals surface area contributed by atoms with Gasteiger partial charge in [-0.05, 0) is 62.2 Å². The van der Waals surface area contributed by atoms with E-state index in [1.807, 2.05) is 0 Å². The van der Waals surface area contributed by atoms with Crippen LogP contribution in [0.3, 0.4) is 0 Å². The fraction of sp³-hybridized carbons (Fsp3) is 0.750. The second kappa shape index (κ2) is 10.3. The first-order valence-electron chi connectivity index (χ1n) is 11.5. The van der Waals surface area contributed by atoms with Gasteiger partial charge in [0, 0.05) is 12.1 Å². The second-order valence-electron chi connectivity index (χ2n) is 9.35. The van der Waals surface area contributed by atoms with Gasteiger partial charge in [-0.2, -0.15) is 8.78 Å². The molecule has 170 valence electrons. The molecule has 2 aliphatic carbocycles. The van der Waals surface area contributed by atoms with Crippen LogP contribution in [0.2, 0.25) is 0 Å². The van der Waals surface area contributed by atoms with E-state index in [0.29, 0.717) is 18.1 Å². The number of alkyl halides is 2. The molecule has 2 fully saturated rings. The van der Waals surface area contributed by atoms with Crippen molar-refractivity contribution in [2.75, 3.05) is 0 Å². The van der Waals surface area contributed by atoms with Gasteiger partial charge in [0.25, 0.3) is 0 Å². The molecule has 3 rings (SSSR count). The third-order valence-electron chi connectivity index (χ3n) is 7.17. The Morgan fingerprint density at radius 1 is 0.833 bits per heavy atom. The molecular formula is C24H33F5O. The third kappa shape index (κ3) is 6.34. The molecule has 0 spiro atoms. The molecule has 2 aliphatic rings. The van der Waals surface area contributed by atoms with Crippen LogP contribution in [0.4, 0.5) is 22.0 Å². The summed E-state index contributed by atoms with van der Waals surface area (Å²) >= 11 is 0. The zero-order chi connectivity index (χ0) is 21.7. The van der Waals surface area contributed by atoms with Gasteiger partial charge in [0.05, 0.1) is 6.42 Å². The highest BCUT2D eigenvalue weighted by atomic mass is 19.3. The smallest absolute Gasteiger partial charge is 0.398 e. The number of ether oxygens (including phenoxy) is 1. The van der Waals surface area contributed by atoms with Gasteiger partial charge in [-0.25, -0.2) is 13.2 Å². The zero-order valence-corrected chi connectivity index (χ0v) is 17.7. The number of hydrogen-bond acceptors (Lipinski definition) is 1. The van der Waals surface area contributed by atoms with E-state index in [1.54, 1.807) is 0 Å². The number of rotatable bonds is 8. The van der Waals surface area contributed by atoms with Gasteiger partial charge >= 0.3 is 6.11 Å². The van der Waals surface area contributed by atoms with E-state index in [2.05, 4.69) is 11.7 Å². The summed E-state index contributed by atoms with van der Waals surface area (Å²) in [5, 5.41) is 0. The lowest BCUT2D eigenvalue weighted by molar-refractivity contribution is -0.191. The Morgan fingerprint density at radius 3 is 1.83 bits per heavy atom. The van der Waals surface area contributed by atoms with Crippen molar-refractivity contribution in [2.24, 2.45) is 23.7 Å². The molecule has 0 aliphatic heterocycles. The number of halogens is 5. The second-order valence-corrected chi connectivity index (χ2v) is 9.35. The molecule has 1 aromatic carbocycles. The first-order valence-corrected chi connectivity index (χ1v) is 11.5. The van der Waals surface area contributed by atoms with Crippen molar-refractivity contribution in [2.45, 2.75) is 90.1 Å². The highest BCUT2D eigenvalue weighted by molar-refractivity contribution is 5.25. The molecular weight excluding hydrogens is 399 g/mol. The summed E-state index contributed by atoms with van der Waals surface area (Å²) in [6.07, 6.45) is 8.42. The molecule has 0 unspecified atom stereocenters. The zero-order valence-electron chi connectivity index (χ0n) is 17.7. The van der Waals surface area contributed by atoms with E-state index in [4.69, 9.17) is 0 Å². The normalized spacial score (nSPS) is 27.8. The lowest BCUT2D eigenvalue weighted by Gasteiger charge is -2.38. The van der Waals surface area contributed by atoms with Gasteiger partial charge in [-0.15, -0.1) is 0 Å². The van der Waals surface area contributed by atoms with Gasteiger partial charge < -0.3 is 4.74 Å². The fourth-order valence-corrected chi connectivity index (χ4v) is 5.45. The Morgan fingerprint density at radius 2 is 1.33 bits per heavy atom. The minimum atomic E-state index is -3.54. The molecule has 0 bridgehead atoms. The molecule has 0 radical (unpaired) electrons. The van der Waals surface area contributed by atoms with E-state index < -0.39 is 35.7 Å². The van der Waals surface area contributed by atoms with E-state index in [0.717, 1.165) is 37.5 Å². The Balaban J connectivity index is 1.44. The van der Waals surface area contributed by atoms with Gasteiger partial charge in [0.1, 0.15) is 5.75 Å². The largest absolute Gasteiger partial charge is 0.432 e. The summed E-state index contributed by atoms with van der Waals surface area (Å²) in [5.41, 5.74) is 0. The van der Waals surface area contributed by atoms with Crippen LogP contribution in [-0.2, 0) is 0 Å². The quantitative estimate of drug-likeness (QED) is 0.297. The lowest BCUT2D eigenvalue weighted by Crippen LogP contribution is -2.31. The van der Waals surface area contributed by atoms with Gasteiger partial charge in [-0.1, -0.05) is 39.0 Å². The summed E-state index contributed by atoms with van der Waals surface area (Å²) < 4.78 is 72.6. The van der Waals surface area contributed by atoms with Crippen LogP contribution in [0.5, 0.6) is 5.75 Å². The van der Waals surface area contributed by atoms with Crippen LogP contribution in [0.15, 0.2) is 12.1 Å². The van der Waals surface area contributed by atoms with Crippen LogP contribution in [0.1, 0.15) is 84.0 Å². The molecule has 6 heteroatoms. The Bertz CT molecular complexity index is 653. The van der Waals surface area contributed by atoms with Gasteiger partial charge in [-0.3, -0.25) is 0 Å². The molecule has 1 aromatic rings. The predicted octanol–water partition coefficient (Wildman–Crippen LogP) is 8.27. The first-order chi connectivity index (χ1) is 14.3. The maximum Gasteiger partial charge on any atom is 0.398 e. The SMILES string of the molecule is CCCCC1CCC(C2CCC(CC(F)(F)Oc3cc(F)c(F)c(F)c3)CC2)CC1. The maximum absolute atomic E-state index is 14.3. The monoisotopic (exact) mass is 432 g/mol. The third-order valence-corrected chi connectivity index (χ3v) is 7.17. The van der Waals surface area contributed by atoms with Crippen LogP contribution < -0.4 is 4.74 Å². The summed E-state index contributed by atoms with van der Waals surface area (Å²) in [7, 11) is 0. The number of unbranched alkanes of at least 4 members (excludes halogenated alkanes) is 1. The molecule has 0 amide bonds. The predicted molar refractivity (Wildman–Crippen MR) is 107 cm³/mol. The summed E-state index contributed by atoms with van der Waals surface area (Å²) in [5.74, 6) is -3.40. The average Bonchev–Trinajstić information content (AvgIpc) is 2.71. The highest BCUT2D eigenvalue weighted by Gasteiger charge is 2.38. The lowest BCUT2D eigenvalue weighted by atomic mass is 9.68. The molecule has 0 aromatic heterocycles. The molecule has 0 N–H and O–H groups in total. The topological polar surface area (TPSA) is 9.23 Å². The van der Waals surface area contributed by atoms with Gasteiger partial charge in [0.2, 0.25) is 0 Å². The fourth-order valence-electron chi connectivity index (χ4n) is 5.45. The number of benzene rings is 1. The first kappa shape index (κ1) is 23.3. The number of hydrogen-bond donors (Lipinski definition) is 0. The summed E-state index contributed by atoms with van der Waals surface area (Å²) in [6, 6.07) is 0.917. The van der Waals surface area contributed by atoms with Crippen molar-refractivity contribution in [1.29, 1.82) is 0 Å². The van der Waals surface area contributed by atoms with Crippen LogP contribution >= 0.6 is 0 Å². The Kier molecular flexibility index (Phi) is 8.03.